The third-order valence-corrected chi connectivity index (χ3v) is 4.10. The summed E-state index contributed by atoms with van der Waals surface area (Å²) in [6, 6.07) is 3.39. The van der Waals surface area contributed by atoms with Crippen LogP contribution < -0.4 is 5.73 Å². The van der Waals surface area contributed by atoms with Crippen molar-refractivity contribution < 1.29 is 8.42 Å². The zero-order valence-electron chi connectivity index (χ0n) is 9.06. The van der Waals surface area contributed by atoms with E-state index in [0.29, 0.717) is 12.1 Å². The molecule has 90 valence electrons. The Morgan fingerprint density at radius 1 is 1.50 bits per heavy atom. The van der Waals surface area contributed by atoms with Crippen LogP contribution in [-0.4, -0.2) is 25.2 Å². The molecule has 1 aromatic heterocycles. The van der Waals surface area contributed by atoms with E-state index in [2.05, 4.69) is 20.9 Å². The van der Waals surface area contributed by atoms with Gasteiger partial charge in [-0.15, -0.1) is 0 Å². The molecular weight excluding hydrogens is 292 g/mol. The van der Waals surface area contributed by atoms with Gasteiger partial charge in [-0.25, -0.2) is 8.42 Å². The minimum absolute atomic E-state index is 0.0208. The van der Waals surface area contributed by atoms with Gasteiger partial charge in [-0.05, 0) is 41.4 Å². The standard InChI is InChI=1S/C10H15BrN2O2S/c1-8(12)4-5-16(14,15)7-10-3-2-9(11)6-13-10/h2-3,6,8H,4-5,7,12H2,1H3. The van der Waals surface area contributed by atoms with Crippen LogP contribution in [0, 0.1) is 0 Å². The van der Waals surface area contributed by atoms with Gasteiger partial charge in [0.25, 0.3) is 0 Å². The lowest BCUT2D eigenvalue weighted by Gasteiger charge is -2.06. The molecule has 2 N–H and O–H groups in total. The Balaban J connectivity index is 2.62. The van der Waals surface area contributed by atoms with Gasteiger partial charge < -0.3 is 5.73 Å². The third kappa shape index (κ3) is 5.05. The largest absolute Gasteiger partial charge is 0.328 e. The van der Waals surface area contributed by atoms with Gasteiger partial charge in [0.05, 0.1) is 17.2 Å². The first-order chi connectivity index (χ1) is 7.39. The maximum atomic E-state index is 11.7. The van der Waals surface area contributed by atoms with Crippen LogP contribution in [0.5, 0.6) is 0 Å². The first-order valence-electron chi connectivity index (χ1n) is 4.95. The van der Waals surface area contributed by atoms with Gasteiger partial charge in [0.15, 0.2) is 9.84 Å². The van der Waals surface area contributed by atoms with Crippen LogP contribution in [-0.2, 0) is 15.6 Å². The molecule has 1 rings (SSSR count). The summed E-state index contributed by atoms with van der Waals surface area (Å²) in [5.41, 5.74) is 6.09. The molecule has 0 aliphatic rings. The van der Waals surface area contributed by atoms with Crippen molar-refractivity contribution in [2.75, 3.05) is 5.75 Å². The number of halogens is 1. The zero-order chi connectivity index (χ0) is 12.2. The Morgan fingerprint density at radius 2 is 2.19 bits per heavy atom. The maximum absolute atomic E-state index is 11.7. The number of hydrogen-bond donors (Lipinski definition) is 1. The van der Waals surface area contributed by atoms with E-state index in [0.717, 1.165) is 4.47 Å². The van der Waals surface area contributed by atoms with Crippen molar-refractivity contribution in [3.63, 3.8) is 0 Å². The highest BCUT2D eigenvalue weighted by Gasteiger charge is 2.13. The SMILES string of the molecule is CC(N)CCS(=O)(=O)Cc1ccc(Br)cn1. The van der Waals surface area contributed by atoms with Gasteiger partial charge in [-0.2, -0.15) is 0 Å². The third-order valence-electron chi connectivity index (χ3n) is 2.04. The van der Waals surface area contributed by atoms with Crippen molar-refractivity contribution >= 4 is 25.8 Å². The molecule has 1 aromatic rings. The van der Waals surface area contributed by atoms with E-state index < -0.39 is 9.84 Å². The summed E-state index contributed by atoms with van der Waals surface area (Å²) in [7, 11) is -3.10. The highest BCUT2D eigenvalue weighted by molar-refractivity contribution is 9.10. The van der Waals surface area contributed by atoms with Crippen LogP contribution in [0.25, 0.3) is 0 Å². The summed E-state index contributed by atoms with van der Waals surface area (Å²) >= 11 is 3.25. The van der Waals surface area contributed by atoms with Gasteiger partial charge >= 0.3 is 0 Å². The highest BCUT2D eigenvalue weighted by Crippen LogP contribution is 2.10. The molecule has 6 heteroatoms. The Bertz CT molecular complexity index is 429. The zero-order valence-corrected chi connectivity index (χ0v) is 11.5. The number of hydrogen-bond acceptors (Lipinski definition) is 4. The monoisotopic (exact) mass is 306 g/mol. The van der Waals surface area contributed by atoms with Crippen molar-refractivity contribution in [1.29, 1.82) is 0 Å². The van der Waals surface area contributed by atoms with Crippen LogP contribution >= 0.6 is 15.9 Å². The molecule has 0 aromatic carbocycles. The molecule has 0 aliphatic carbocycles. The Labute approximate surface area is 104 Å². The van der Waals surface area contributed by atoms with Crippen LogP contribution in [0.1, 0.15) is 19.0 Å². The van der Waals surface area contributed by atoms with E-state index in [-0.39, 0.29) is 17.5 Å². The summed E-state index contributed by atoms with van der Waals surface area (Å²) < 4.78 is 24.2. The molecule has 0 fully saturated rings. The van der Waals surface area contributed by atoms with Gasteiger partial charge in [0, 0.05) is 16.7 Å². The predicted molar refractivity (Wildman–Crippen MR) is 67.7 cm³/mol. The molecule has 0 saturated carbocycles. The van der Waals surface area contributed by atoms with Gasteiger partial charge in [0.1, 0.15) is 0 Å². The molecule has 0 bridgehead atoms. The summed E-state index contributed by atoms with van der Waals surface area (Å²) in [6.07, 6.45) is 2.08. The second-order valence-electron chi connectivity index (χ2n) is 3.83. The predicted octanol–water partition coefficient (Wildman–Crippen LogP) is 1.50. The summed E-state index contributed by atoms with van der Waals surface area (Å²) in [4.78, 5) is 4.03. The van der Waals surface area contributed by atoms with Crippen molar-refractivity contribution in [1.82, 2.24) is 4.98 Å². The summed E-state index contributed by atoms with van der Waals surface area (Å²) in [5, 5.41) is 0. The van der Waals surface area contributed by atoms with Crippen LogP contribution in [0.3, 0.4) is 0 Å². The lowest BCUT2D eigenvalue weighted by molar-refractivity contribution is 0.586. The van der Waals surface area contributed by atoms with Crippen LogP contribution in [0.4, 0.5) is 0 Å². The van der Waals surface area contributed by atoms with Crippen molar-refractivity contribution in [3.8, 4) is 0 Å². The minimum atomic E-state index is -3.10. The first-order valence-corrected chi connectivity index (χ1v) is 7.57. The second-order valence-corrected chi connectivity index (χ2v) is 6.93. The first kappa shape index (κ1) is 13.6. The molecule has 0 aliphatic heterocycles. The quantitative estimate of drug-likeness (QED) is 0.894. The fraction of sp³-hybridized carbons (Fsp3) is 0.500. The van der Waals surface area contributed by atoms with Gasteiger partial charge in [0.2, 0.25) is 0 Å². The molecule has 0 spiro atoms. The van der Waals surface area contributed by atoms with E-state index in [1.165, 1.54) is 0 Å². The Hall–Kier alpha value is -0.460. The molecule has 0 radical (unpaired) electrons. The number of pyridine rings is 1. The molecular formula is C10H15BrN2O2S. The molecule has 0 amide bonds. The normalized spacial score (nSPS) is 13.7. The average molecular weight is 307 g/mol. The molecule has 16 heavy (non-hydrogen) atoms. The molecule has 0 saturated heterocycles. The Kier molecular flexibility index (Phi) is 4.89. The lowest BCUT2D eigenvalue weighted by Crippen LogP contribution is -2.21. The smallest absolute Gasteiger partial charge is 0.156 e. The number of rotatable bonds is 5. The van der Waals surface area contributed by atoms with E-state index in [1.54, 1.807) is 25.3 Å². The molecule has 4 nitrogen and oxygen atoms in total. The van der Waals surface area contributed by atoms with E-state index in [9.17, 15) is 8.42 Å². The fourth-order valence-electron chi connectivity index (χ4n) is 1.15. The Morgan fingerprint density at radius 3 is 2.69 bits per heavy atom. The molecule has 1 heterocycles. The van der Waals surface area contributed by atoms with Gasteiger partial charge in [-0.1, -0.05) is 0 Å². The van der Waals surface area contributed by atoms with Crippen molar-refractivity contribution in [2.24, 2.45) is 5.73 Å². The summed E-state index contributed by atoms with van der Waals surface area (Å²) in [5.74, 6) is 0.0927. The second kappa shape index (κ2) is 5.75. The van der Waals surface area contributed by atoms with E-state index in [1.807, 2.05) is 0 Å². The summed E-state index contributed by atoms with van der Waals surface area (Å²) in [6.45, 7) is 1.80. The minimum Gasteiger partial charge on any atom is -0.328 e. The van der Waals surface area contributed by atoms with E-state index >= 15 is 0 Å². The number of sulfone groups is 1. The fourth-order valence-corrected chi connectivity index (χ4v) is 2.89. The average Bonchev–Trinajstić information content (AvgIpc) is 2.19. The topological polar surface area (TPSA) is 73.1 Å². The number of nitrogens with two attached hydrogens (primary N) is 1. The number of aromatic nitrogens is 1. The lowest BCUT2D eigenvalue weighted by atomic mass is 10.3. The van der Waals surface area contributed by atoms with Crippen molar-refractivity contribution in [2.45, 2.75) is 25.1 Å². The van der Waals surface area contributed by atoms with E-state index in [4.69, 9.17) is 5.73 Å². The number of nitrogens with zero attached hydrogens (tertiary/aromatic N) is 1. The highest BCUT2D eigenvalue weighted by atomic mass is 79.9. The van der Waals surface area contributed by atoms with Gasteiger partial charge in [-0.3, -0.25) is 4.98 Å². The molecule has 1 atom stereocenters. The maximum Gasteiger partial charge on any atom is 0.156 e. The van der Waals surface area contributed by atoms with Crippen LogP contribution in [0.2, 0.25) is 0 Å². The molecule has 1 unspecified atom stereocenters. The van der Waals surface area contributed by atoms with Crippen molar-refractivity contribution in [3.05, 3.63) is 28.5 Å². The van der Waals surface area contributed by atoms with Crippen LogP contribution in [0.15, 0.2) is 22.8 Å².